The van der Waals surface area contributed by atoms with Gasteiger partial charge in [0, 0.05) is 20.0 Å². The Kier molecular flexibility index (Phi) is 1.62. The lowest BCUT2D eigenvalue weighted by Crippen LogP contribution is -2.46. The van der Waals surface area contributed by atoms with Crippen LogP contribution in [-0.2, 0) is 4.79 Å². The van der Waals surface area contributed by atoms with Crippen LogP contribution in [0.2, 0.25) is 0 Å². The van der Waals surface area contributed by atoms with Gasteiger partial charge in [0.1, 0.15) is 0 Å². The summed E-state index contributed by atoms with van der Waals surface area (Å²) < 4.78 is 24.9. The first kappa shape index (κ1) is 7.44. The highest BCUT2D eigenvalue weighted by atomic mass is 19.3. The van der Waals surface area contributed by atoms with Crippen molar-refractivity contribution in [3.63, 3.8) is 0 Å². The third kappa shape index (κ3) is 1.10. The average molecular weight is 149 g/mol. The van der Waals surface area contributed by atoms with Crippen LogP contribution in [0.5, 0.6) is 0 Å². The van der Waals surface area contributed by atoms with E-state index in [4.69, 9.17) is 0 Å². The van der Waals surface area contributed by atoms with Crippen molar-refractivity contribution in [1.82, 2.24) is 4.90 Å². The van der Waals surface area contributed by atoms with Crippen molar-refractivity contribution in [1.29, 1.82) is 0 Å². The third-order valence-electron chi connectivity index (χ3n) is 1.64. The summed E-state index contributed by atoms with van der Waals surface area (Å²) in [5, 5.41) is 0. The smallest absolute Gasteiger partial charge is 0.324 e. The molecule has 1 amide bonds. The molecular formula is C6H9F2NO. The van der Waals surface area contributed by atoms with E-state index in [1.807, 2.05) is 0 Å². The lowest BCUT2D eigenvalue weighted by molar-refractivity contribution is -0.162. The lowest BCUT2D eigenvalue weighted by Gasteiger charge is -2.28. The minimum absolute atomic E-state index is 0.295. The zero-order chi connectivity index (χ0) is 7.78. The molecule has 0 atom stereocenters. The second-order valence-corrected chi connectivity index (χ2v) is 2.53. The summed E-state index contributed by atoms with van der Waals surface area (Å²) in [6.45, 7) is 0.453. The fourth-order valence-electron chi connectivity index (χ4n) is 1.03. The standard InChI is InChI=1S/C6H9F2NO/c1-9-4-2-3-6(7,8)5(9)10/h2-4H2,1H3. The van der Waals surface area contributed by atoms with Crippen LogP contribution < -0.4 is 0 Å². The van der Waals surface area contributed by atoms with E-state index in [9.17, 15) is 13.6 Å². The minimum atomic E-state index is -3.10. The monoisotopic (exact) mass is 149 g/mol. The zero-order valence-electron chi connectivity index (χ0n) is 5.73. The van der Waals surface area contributed by atoms with Crippen molar-refractivity contribution in [2.75, 3.05) is 13.6 Å². The highest BCUT2D eigenvalue weighted by Crippen LogP contribution is 2.26. The Hall–Kier alpha value is -0.670. The first-order valence-electron chi connectivity index (χ1n) is 3.17. The van der Waals surface area contributed by atoms with Crippen molar-refractivity contribution in [3.8, 4) is 0 Å². The number of nitrogens with zero attached hydrogens (tertiary/aromatic N) is 1. The summed E-state index contributed by atoms with van der Waals surface area (Å²) in [7, 11) is 1.40. The van der Waals surface area contributed by atoms with Gasteiger partial charge < -0.3 is 4.90 Å². The topological polar surface area (TPSA) is 20.3 Å². The molecule has 0 aliphatic carbocycles. The van der Waals surface area contributed by atoms with Crippen molar-refractivity contribution in [2.24, 2.45) is 0 Å². The van der Waals surface area contributed by atoms with Crippen LogP contribution in [0.3, 0.4) is 0 Å². The number of carbonyl (C=O) groups excluding carboxylic acids is 1. The second-order valence-electron chi connectivity index (χ2n) is 2.53. The minimum Gasteiger partial charge on any atom is -0.341 e. The van der Waals surface area contributed by atoms with E-state index in [-0.39, 0.29) is 6.42 Å². The zero-order valence-corrected chi connectivity index (χ0v) is 5.73. The van der Waals surface area contributed by atoms with Crippen LogP contribution in [0.15, 0.2) is 0 Å². The van der Waals surface area contributed by atoms with Crippen molar-refractivity contribution >= 4 is 5.91 Å². The van der Waals surface area contributed by atoms with Crippen molar-refractivity contribution in [3.05, 3.63) is 0 Å². The van der Waals surface area contributed by atoms with E-state index >= 15 is 0 Å². The molecule has 58 valence electrons. The maximum absolute atomic E-state index is 12.5. The maximum Gasteiger partial charge on any atom is 0.324 e. The molecule has 0 aromatic carbocycles. The van der Waals surface area contributed by atoms with Crippen LogP contribution in [0.4, 0.5) is 8.78 Å². The predicted molar refractivity (Wildman–Crippen MR) is 31.8 cm³/mol. The Labute approximate surface area is 57.8 Å². The number of amides is 1. The Morgan fingerprint density at radius 2 is 2.20 bits per heavy atom. The SMILES string of the molecule is CN1CCCC(F)(F)C1=O. The normalized spacial score (nSPS) is 25.1. The highest BCUT2D eigenvalue weighted by Gasteiger charge is 2.43. The van der Waals surface area contributed by atoms with Crippen molar-refractivity contribution in [2.45, 2.75) is 18.8 Å². The van der Waals surface area contributed by atoms with Gasteiger partial charge in [-0.05, 0) is 6.42 Å². The molecule has 4 heteroatoms. The predicted octanol–water partition coefficient (Wildman–Crippen LogP) is 0.874. The van der Waals surface area contributed by atoms with Gasteiger partial charge >= 0.3 is 5.92 Å². The summed E-state index contributed by atoms with van der Waals surface area (Å²) in [5.74, 6) is -4.15. The molecule has 0 bridgehead atoms. The van der Waals surface area contributed by atoms with E-state index in [2.05, 4.69) is 0 Å². The molecule has 0 aromatic heterocycles. The summed E-state index contributed by atoms with van der Waals surface area (Å²) in [6.07, 6.45) is 0.103. The van der Waals surface area contributed by atoms with Crippen LogP contribution in [0.1, 0.15) is 12.8 Å². The van der Waals surface area contributed by atoms with Gasteiger partial charge in [0.05, 0.1) is 0 Å². The van der Waals surface area contributed by atoms with Crippen molar-refractivity contribution < 1.29 is 13.6 Å². The highest BCUT2D eigenvalue weighted by molar-refractivity contribution is 5.83. The largest absolute Gasteiger partial charge is 0.341 e. The number of likely N-dealkylation sites (tertiary alicyclic amines) is 1. The Bertz CT molecular complexity index is 158. The van der Waals surface area contributed by atoms with Gasteiger partial charge in [-0.2, -0.15) is 8.78 Å². The first-order valence-corrected chi connectivity index (χ1v) is 3.17. The molecule has 1 aliphatic rings. The molecular weight excluding hydrogens is 140 g/mol. The Morgan fingerprint density at radius 3 is 2.60 bits per heavy atom. The quantitative estimate of drug-likeness (QED) is 0.500. The molecule has 0 unspecified atom stereocenters. The molecule has 0 N–H and O–H groups in total. The fraction of sp³-hybridized carbons (Fsp3) is 0.833. The van der Waals surface area contributed by atoms with Crippen LogP contribution >= 0.6 is 0 Å². The molecule has 1 fully saturated rings. The molecule has 2 nitrogen and oxygen atoms in total. The number of halogens is 2. The van der Waals surface area contributed by atoms with Gasteiger partial charge in [0.2, 0.25) is 0 Å². The first-order chi connectivity index (χ1) is 4.54. The summed E-state index contributed by atoms with van der Waals surface area (Å²) in [6, 6.07) is 0. The van der Waals surface area contributed by atoms with Gasteiger partial charge in [-0.1, -0.05) is 0 Å². The molecule has 10 heavy (non-hydrogen) atoms. The molecule has 0 saturated carbocycles. The molecule has 0 aromatic rings. The van der Waals surface area contributed by atoms with E-state index < -0.39 is 11.8 Å². The number of alkyl halides is 2. The number of hydrogen-bond acceptors (Lipinski definition) is 1. The Balaban J connectivity index is 2.70. The molecule has 1 heterocycles. The number of piperidine rings is 1. The second kappa shape index (κ2) is 2.18. The van der Waals surface area contributed by atoms with E-state index in [0.717, 1.165) is 4.90 Å². The van der Waals surface area contributed by atoms with Crippen LogP contribution in [0, 0.1) is 0 Å². The van der Waals surface area contributed by atoms with E-state index in [0.29, 0.717) is 13.0 Å². The van der Waals surface area contributed by atoms with E-state index in [1.165, 1.54) is 7.05 Å². The summed E-state index contributed by atoms with van der Waals surface area (Å²) in [5.41, 5.74) is 0. The molecule has 1 saturated heterocycles. The van der Waals surface area contributed by atoms with Gasteiger partial charge in [-0.3, -0.25) is 4.79 Å². The number of carbonyl (C=O) groups is 1. The summed E-state index contributed by atoms with van der Waals surface area (Å²) in [4.78, 5) is 11.7. The van der Waals surface area contributed by atoms with Crippen LogP contribution in [0.25, 0.3) is 0 Å². The van der Waals surface area contributed by atoms with Gasteiger partial charge in [0.15, 0.2) is 0 Å². The number of hydrogen-bond donors (Lipinski definition) is 0. The van der Waals surface area contributed by atoms with Gasteiger partial charge in [-0.15, -0.1) is 0 Å². The third-order valence-corrected chi connectivity index (χ3v) is 1.64. The van der Waals surface area contributed by atoms with Crippen LogP contribution in [-0.4, -0.2) is 30.3 Å². The number of rotatable bonds is 0. The maximum atomic E-state index is 12.5. The van der Waals surface area contributed by atoms with E-state index in [1.54, 1.807) is 0 Å². The average Bonchev–Trinajstić information content (AvgIpc) is 1.83. The lowest BCUT2D eigenvalue weighted by atomic mass is 10.1. The Morgan fingerprint density at radius 1 is 1.60 bits per heavy atom. The fourth-order valence-corrected chi connectivity index (χ4v) is 1.03. The summed E-state index contributed by atoms with van der Waals surface area (Å²) >= 11 is 0. The molecule has 0 spiro atoms. The molecule has 1 aliphatic heterocycles. The molecule has 1 rings (SSSR count). The van der Waals surface area contributed by atoms with Gasteiger partial charge in [-0.25, -0.2) is 0 Å². The molecule has 0 radical (unpaired) electrons. The van der Waals surface area contributed by atoms with Gasteiger partial charge in [0.25, 0.3) is 5.91 Å².